The molecule has 0 bridgehead atoms. The molecule has 0 aromatic heterocycles. The molecule has 11 heavy (non-hydrogen) atoms. The van der Waals surface area contributed by atoms with Gasteiger partial charge in [-0.25, -0.2) is 0 Å². The molecule has 1 N–H and O–H groups in total. The molecule has 0 aromatic rings. The van der Waals surface area contributed by atoms with Crippen molar-refractivity contribution in [3.05, 3.63) is 0 Å². The highest BCUT2D eigenvalue weighted by Crippen LogP contribution is 2.04. The van der Waals surface area contributed by atoms with E-state index in [4.69, 9.17) is 4.74 Å². The summed E-state index contributed by atoms with van der Waals surface area (Å²) < 4.78 is 4.74. The SMILES string of the molecule is CC1CC(=O)OC(C)C(=O)N1. The fraction of sp³-hybridized carbons (Fsp3) is 0.714. The van der Waals surface area contributed by atoms with Gasteiger partial charge in [0.2, 0.25) is 0 Å². The zero-order valence-corrected chi connectivity index (χ0v) is 6.59. The first-order valence-corrected chi connectivity index (χ1v) is 3.59. The Labute approximate surface area is 64.9 Å². The van der Waals surface area contributed by atoms with Crippen LogP contribution in [0, 0.1) is 0 Å². The van der Waals surface area contributed by atoms with E-state index in [0.717, 1.165) is 0 Å². The number of hydrogen-bond acceptors (Lipinski definition) is 3. The number of carbonyl (C=O) groups is 2. The summed E-state index contributed by atoms with van der Waals surface area (Å²) in [5.41, 5.74) is 0. The molecule has 1 aliphatic heterocycles. The lowest BCUT2D eigenvalue weighted by Crippen LogP contribution is -2.36. The van der Waals surface area contributed by atoms with Gasteiger partial charge in [-0.2, -0.15) is 0 Å². The first-order valence-electron chi connectivity index (χ1n) is 3.59. The third kappa shape index (κ3) is 1.93. The summed E-state index contributed by atoms with van der Waals surface area (Å²) in [4.78, 5) is 21.8. The Morgan fingerprint density at radius 3 is 2.73 bits per heavy atom. The van der Waals surface area contributed by atoms with E-state index in [1.54, 1.807) is 13.8 Å². The van der Waals surface area contributed by atoms with Crippen LogP contribution in [0.25, 0.3) is 0 Å². The van der Waals surface area contributed by atoms with Crippen molar-refractivity contribution in [1.29, 1.82) is 0 Å². The fourth-order valence-corrected chi connectivity index (χ4v) is 0.960. The second-order valence-corrected chi connectivity index (χ2v) is 2.75. The summed E-state index contributed by atoms with van der Waals surface area (Å²) in [5, 5.41) is 2.64. The van der Waals surface area contributed by atoms with Crippen LogP contribution < -0.4 is 5.32 Å². The molecule has 0 aromatic carbocycles. The minimum atomic E-state index is -0.646. The quantitative estimate of drug-likeness (QED) is 0.496. The molecule has 0 aliphatic carbocycles. The molecule has 1 saturated heterocycles. The highest BCUT2D eigenvalue weighted by molar-refractivity contribution is 5.85. The number of carbonyl (C=O) groups excluding carboxylic acids is 2. The van der Waals surface area contributed by atoms with Gasteiger partial charge in [-0.1, -0.05) is 0 Å². The molecule has 1 aliphatic rings. The van der Waals surface area contributed by atoms with Crippen LogP contribution in [0.15, 0.2) is 0 Å². The summed E-state index contributed by atoms with van der Waals surface area (Å²) in [7, 11) is 0. The normalized spacial score (nSPS) is 32.2. The van der Waals surface area contributed by atoms with Gasteiger partial charge in [-0.15, -0.1) is 0 Å². The lowest BCUT2D eigenvalue weighted by Gasteiger charge is -2.07. The minimum Gasteiger partial charge on any atom is -0.452 e. The number of cyclic esters (lactones) is 1. The average Bonchev–Trinajstić information content (AvgIpc) is 1.93. The van der Waals surface area contributed by atoms with Gasteiger partial charge in [-0.3, -0.25) is 9.59 Å². The van der Waals surface area contributed by atoms with E-state index in [-0.39, 0.29) is 24.3 Å². The average molecular weight is 157 g/mol. The van der Waals surface area contributed by atoms with Gasteiger partial charge in [-0.05, 0) is 13.8 Å². The first-order chi connectivity index (χ1) is 5.09. The van der Waals surface area contributed by atoms with Crippen LogP contribution in [0.2, 0.25) is 0 Å². The number of nitrogens with one attached hydrogen (secondary N) is 1. The Hall–Kier alpha value is -1.06. The van der Waals surface area contributed by atoms with Crippen molar-refractivity contribution in [2.24, 2.45) is 0 Å². The topological polar surface area (TPSA) is 55.4 Å². The molecule has 1 heterocycles. The molecule has 2 atom stereocenters. The molecule has 2 unspecified atom stereocenters. The first kappa shape index (κ1) is 8.04. The number of amides is 1. The number of ether oxygens (including phenoxy) is 1. The summed E-state index contributed by atoms with van der Waals surface area (Å²) >= 11 is 0. The van der Waals surface area contributed by atoms with E-state index in [0.29, 0.717) is 0 Å². The molecule has 1 amide bonds. The maximum atomic E-state index is 11.0. The van der Waals surface area contributed by atoms with Gasteiger partial charge in [0, 0.05) is 6.04 Å². The second-order valence-electron chi connectivity index (χ2n) is 2.75. The summed E-state index contributed by atoms with van der Waals surface area (Å²) in [6, 6.07) is -0.111. The molecule has 1 fully saturated rings. The van der Waals surface area contributed by atoms with E-state index in [1.807, 2.05) is 0 Å². The van der Waals surface area contributed by atoms with Gasteiger partial charge in [0.25, 0.3) is 5.91 Å². The predicted octanol–water partition coefficient (Wildman–Crippen LogP) is -0.173. The molecule has 0 radical (unpaired) electrons. The number of hydrogen-bond donors (Lipinski definition) is 1. The molecule has 4 heteroatoms. The Kier molecular flexibility index (Phi) is 2.12. The molecular weight excluding hydrogens is 146 g/mol. The van der Waals surface area contributed by atoms with Crippen LogP contribution >= 0.6 is 0 Å². The Morgan fingerprint density at radius 2 is 2.09 bits per heavy atom. The van der Waals surface area contributed by atoms with Gasteiger partial charge >= 0.3 is 5.97 Å². The van der Waals surface area contributed by atoms with Gasteiger partial charge in [0.05, 0.1) is 6.42 Å². The van der Waals surface area contributed by atoms with Gasteiger partial charge < -0.3 is 10.1 Å². The third-order valence-electron chi connectivity index (χ3n) is 1.54. The highest BCUT2D eigenvalue weighted by atomic mass is 16.5. The summed E-state index contributed by atoms with van der Waals surface area (Å²) in [6.45, 7) is 3.34. The summed E-state index contributed by atoms with van der Waals surface area (Å²) in [6.07, 6.45) is -0.386. The van der Waals surface area contributed by atoms with E-state index < -0.39 is 6.10 Å². The molecular formula is C7H11NO3. The molecule has 62 valence electrons. The van der Waals surface area contributed by atoms with Crippen LogP contribution in [0.3, 0.4) is 0 Å². The van der Waals surface area contributed by atoms with Crippen molar-refractivity contribution in [1.82, 2.24) is 5.32 Å². The van der Waals surface area contributed by atoms with Crippen LogP contribution in [0.5, 0.6) is 0 Å². The maximum Gasteiger partial charge on any atom is 0.308 e. The van der Waals surface area contributed by atoms with E-state index in [9.17, 15) is 9.59 Å². The monoisotopic (exact) mass is 157 g/mol. The molecule has 0 spiro atoms. The molecule has 4 nitrogen and oxygen atoms in total. The van der Waals surface area contributed by atoms with Gasteiger partial charge in [0.15, 0.2) is 6.10 Å². The molecule has 0 saturated carbocycles. The predicted molar refractivity (Wildman–Crippen MR) is 37.8 cm³/mol. The second kappa shape index (κ2) is 2.90. The highest BCUT2D eigenvalue weighted by Gasteiger charge is 2.25. The third-order valence-corrected chi connectivity index (χ3v) is 1.54. The van der Waals surface area contributed by atoms with Crippen molar-refractivity contribution >= 4 is 11.9 Å². The van der Waals surface area contributed by atoms with Crippen molar-refractivity contribution in [2.45, 2.75) is 32.4 Å². The van der Waals surface area contributed by atoms with Crippen molar-refractivity contribution in [3.8, 4) is 0 Å². The number of esters is 1. The smallest absolute Gasteiger partial charge is 0.308 e. The van der Waals surface area contributed by atoms with E-state index >= 15 is 0 Å². The standard InChI is InChI=1S/C7H11NO3/c1-4-3-6(9)11-5(2)7(10)8-4/h4-5H,3H2,1-2H3,(H,8,10). The van der Waals surface area contributed by atoms with Crippen molar-refractivity contribution in [3.63, 3.8) is 0 Å². The van der Waals surface area contributed by atoms with E-state index in [1.165, 1.54) is 0 Å². The van der Waals surface area contributed by atoms with Crippen LogP contribution in [-0.2, 0) is 14.3 Å². The van der Waals surface area contributed by atoms with Gasteiger partial charge in [0.1, 0.15) is 0 Å². The zero-order valence-electron chi connectivity index (χ0n) is 6.59. The fourth-order valence-electron chi connectivity index (χ4n) is 0.960. The van der Waals surface area contributed by atoms with Crippen molar-refractivity contribution in [2.75, 3.05) is 0 Å². The number of rotatable bonds is 0. The Bertz CT molecular complexity index is 190. The Morgan fingerprint density at radius 1 is 1.45 bits per heavy atom. The van der Waals surface area contributed by atoms with Crippen LogP contribution in [0.1, 0.15) is 20.3 Å². The lowest BCUT2D eigenvalue weighted by atomic mass is 10.2. The van der Waals surface area contributed by atoms with Crippen molar-refractivity contribution < 1.29 is 14.3 Å². The summed E-state index contributed by atoms with van der Waals surface area (Å²) in [5.74, 6) is -0.535. The minimum absolute atomic E-state index is 0.111. The van der Waals surface area contributed by atoms with E-state index in [2.05, 4.69) is 5.32 Å². The molecule has 1 rings (SSSR count). The largest absolute Gasteiger partial charge is 0.452 e. The lowest BCUT2D eigenvalue weighted by molar-refractivity contribution is -0.152. The maximum absolute atomic E-state index is 11.0. The zero-order chi connectivity index (χ0) is 8.43. The van der Waals surface area contributed by atoms with Crippen LogP contribution in [0.4, 0.5) is 0 Å². The Balaban J connectivity index is 2.66. The van der Waals surface area contributed by atoms with Crippen LogP contribution in [-0.4, -0.2) is 24.0 Å².